The largest absolute Gasteiger partial charge is 0.464 e. The highest BCUT2D eigenvalue weighted by Crippen LogP contribution is 2.09. The molecule has 0 amide bonds. The van der Waals surface area contributed by atoms with E-state index in [0.717, 1.165) is 0 Å². The Morgan fingerprint density at radius 1 is 1.90 bits per heavy atom. The first-order valence-corrected chi connectivity index (χ1v) is 3.23. The van der Waals surface area contributed by atoms with Crippen LogP contribution in [0.15, 0.2) is 12.7 Å². The molecule has 0 radical (unpaired) electrons. The quantitative estimate of drug-likeness (QED) is 0.425. The van der Waals surface area contributed by atoms with E-state index >= 15 is 0 Å². The van der Waals surface area contributed by atoms with Crippen LogP contribution < -0.4 is 0 Å². The van der Waals surface area contributed by atoms with Gasteiger partial charge in [-0.25, -0.2) is 4.79 Å². The molecule has 1 atom stereocenters. The monoisotopic (exact) mass is 142 g/mol. The maximum absolute atomic E-state index is 10.7. The van der Waals surface area contributed by atoms with E-state index in [1.807, 2.05) is 0 Å². The van der Waals surface area contributed by atoms with Gasteiger partial charge in [0.15, 0.2) is 6.10 Å². The fourth-order valence-corrected chi connectivity index (χ4v) is 0.813. The first-order valence-electron chi connectivity index (χ1n) is 3.23. The van der Waals surface area contributed by atoms with Gasteiger partial charge in [-0.2, -0.15) is 0 Å². The lowest BCUT2D eigenvalue weighted by atomic mass is 10.3. The lowest BCUT2D eigenvalue weighted by Gasteiger charge is -2.03. The van der Waals surface area contributed by atoms with Crippen molar-refractivity contribution < 1.29 is 14.3 Å². The van der Waals surface area contributed by atoms with E-state index in [2.05, 4.69) is 11.3 Å². The topological polar surface area (TPSA) is 35.5 Å². The van der Waals surface area contributed by atoms with Gasteiger partial charge in [-0.3, -0.25) is 0 Å². The van der Waals surface area contributed by atoms with Gasteiger partial charge in [0, 0.05) is 6.42 Å². The van der Waals surface area contributed by atoms with Crippen molar-refractivity contribution in [2.75, 3.05) is 13.2 Å². The van der Waals surface area contributed by atoms with E-state index in [1.165, 1.54) is 0 Å². The van der Waals surface area contributed by atoms with Crippen LogP contribution in [0.5, 0.6) is 0 Å². The predicted molar refractivity (Wildman–Crippen MR) is 35.5 cm³/mol. The molecular weight excluding hydrogens is 132 g/mol. The molecule has 3 heteroatoms. The van der Waals surface area contributed by atoms with Gasteiger partial charge in [0.25, 0.3) is 0 Å². The maximum Gasteiger partial charge on any atom is 0.335 e. The zero-order chi connectivity index (χ0) is 7.40. The Labute approximate surface area is 59.6 Å². The molecule has 1 unspecified atom stereocenters. The third-order valence-corrected chi connectivity index (χ3v) is 1.30. The summed E-state index contributed by atoms with van der Waals surface area (Å²) in [5.41, 5.74) is 0. The molecule has 0 spiro atoms. The number of carbonyl (C=O) groups is 1. The van der Waals surface area contributed by atoms with E-state index in [9.17, 15) is 4.79 Å². The zero-order valence-electron chi connectivity index (χ0n) is 5.71. The first kappa shape index (κ1) is 7.28. The molecule has 56 valence electrons. The average Bonchev–Trinajstić information content (AvgIpc) is 2.31. The molecule has 1 aliphatic heterocycles. The number of esters is 1. The fourth-order valence-electron chi connectivity index (χ4n) is 0.813. The minimum Gasteiger partial charge on any atom is -0.464 e. The zero-order valence-corrected chi connectivity index (χ0v) is 5.71. The van der Waals surface area contributed by atoms with Gasteiger partial charge < -0.3 is 9.47 Å². The summed E-state index contributed by atoms with van der Waals surface area (Å²) in [5, 5.41) is 0. The standard InChI is InChI=1S/C7H10O3/c1-2-4-9-6-3-5-10-7(6)8/h2,6H,1,3-5H2. The van der Waals surface area contributed by atoms with Gasteiger partial charge in [-0.15, -0.1) is 6.58 Å². The van der Waals surface area contributed by atoms with Crippen molar-refractivity contribution in [1.29, 1.82) is 0 Å². The maximum atomic E-state index is 10.7. The molecule has 1 rings (SSSR count). The van der Waals surface area contributed by atoms with Crippen molar-refractivity contribution >= 4 is 5.97 Å². The summed E-state index contributed by atoms with van der Waals surface area (Å²) in [6, 6.07) is 0. The van der Waals surface area contributed by atoms with Crippen LogP contribution in [0.3, 0.4) is 0 Å². The number of rotatable bonds is 3. The van der Waals surface area contributed by atoms with E-state index in [0.29, 0.717) is 19.6 Å². The molecule has 1 aliphatic rings. The van der Waals surface area contributed by atoms with Crippen LogP contribution in [0.25, 0.3) is 0 Å². The third kappa shape index (κ3) is 1.57. The van der Waals surface area contributed by atoms with Crippen molar-refractivity contribution in [3.05, 3.63) is 12.7 Å². The Morgan fingerprint density at radius 2 is 2.70 bits per heavy atom. The van der Waals surface area contributed by atoms with E-state index in [4.69, 9.17) is 4.74 Å². The normalized spacial score (nSPS) is 24.4. The molecule has 1 fully saturated rings. The number of ether oxygens (including phenoxy) is 2. The average molecular weight is 142 g/mol. The Bertz CT molecular complexity index is 142. The fraction of sp³-hybridized carbons (Fsp3) is 0.571. The molecule has 0 bridgehead atoms. The minimum atomic E-state index is -0.349. The molecule has 0 aromatic heterocycles. The number of carbonyl (C=O) groups excluding carboxylic acids is 1. The van der Waals surface area contributed by atoms with Crippen molar-refractivity contribution in [2.45, 2.75) is 12.5 Å². The van der Waals surface area contributed by atoms with E-state index in [-0.39, 0.29) is 12.1 Å². The van der Waals surface area contributed by atoms with E-state index < -0.39 is 0 Å². The van der Waals surface area contributed by atoms with Crippen molar-refractivity contribution in [1.82, 2.24) is 0 Å². The lowest BCUT2D eigenvalue weighted by Crippen LogP contribution is -2.18. The molecular formula is C7H10O3. The van der Waals surface area contributed by atoms with Crippen LogP contribution in [-0.2, 0) is 14.3 Å². The summed E-state index contributed by atoms with van der Waals surface area (Å²) in [6.45, 7) is 4.37. The van der Waals surface area contributed by atoms with Gasteiger partial charge in [-0.05, 0) is 0 Å². The van der Waals surface area contributed by atoms with Crippen LogP contribution in [0, 0.1) is 0 Å². The van der Waals surface area contributed by atoms with Gasteiger partial charge in [-0.1, -0.05) is 6.08 Å². The molecule has 3 nitrogen and oxygen atoms in total. The SMILES string of the molecule is C=CCOC1CCOC1=O. The smallest absolute Gasteiger partial charge is 0.335 e. The van der Waals surface area contributed by atoms with Crippen LogP contribution in [0.4, 0.5) is 0 Å². The number of hydrogen-bond donors (Lipinski definition) is 0. The van der Waals surface area contributed by atoms with Gasteiger partial charge in [0.1, 0.15) is 0 Å². The van der Waals surface area contributed by atoms with Crippen LogP contribution >= 0.6 is 0 Å². The summed E-state index contributed by atoms with van der Waals surface area (Å²) in [7, 11) is 0. The second-order valence-corrected chi connectivity index (χ2v) is 2.07. The highest BCUT2D eigenvalue weighted by atomic mass is 16.6. The van der Waals surface area contributed by atoms with Crippen LogP contribution in [0.2, 0.25) is 0 Å². The first-order chi connectivity index (χ1) is 4.84. The molecule has 0 N–H and O–H groups in total. The molecule has 10 heavy (non-hydrogen) atoms. The highest BCUT2D eigenvalue weighted by molar-refractivity contribution is 5.76. The summed E-state index contributed by atoms with van der Waals surface area (Å²) in [5.74, 6) is -0.248. The Balaban J connectivity index is 2.26. The summed E-state index contributed by atoms with van der Waals surface area (Å²) in [6.07, 6.45) is 1.94. The Hall–Kier alpha value is -0.830. The second kappa shape index (κ2) is 3.37. The van der Waals surface area contributed by atoms with Crippen LogP contribution in [0.1, 0.15) is 6.42 Å². The summed E-state index contributed by atoms with van der Waals surface area (Å²) >= 11 is 0. The molecule has 0 aromatic rings. The molecule has 1 saturated heterocycles. The molecule has 0 saturated carbocycles. The van der Waals surface area contributed by atoms with Gasteiger partial charge >= 0.3 is 5.97 Å². The van der Waals surface area contributed by atoms with Crippen molar-refractivity contribution in [3.8, 4) is 0 Å². The van der Waals surface area contributed by atoms with Crippen molar-refractivity contribution in [3.63, 3.8) is 0 Å². The minimum absolute atomic E-state index is 0.248. The second-order valence-electron chi connectivity index (χ2n) is 2.07. The van der Waals surface area contributed by atoms with Gasteiger partial charge in [0.05, 0.1) is 13.2 Å². The molecule has 0 aliphatic carbocycles. The highest BCUT2D eigenvalue weighted by Gasteiger charge is 2.26. The van der Waals surface area contributed by atoms with E-state index in [1.54, 1.807) is 6.08 Å². The third-order valence-electron chi connectivity index (χ3n) is 1.30. The molecule has 1 heterocycles. The molecule has 0 aromatic carbocycles. The lowest BCUT2D eigenvalue weighted by molar-refractivity contribution is -0.146. The Kier molecular flexibility index (Phi) is 2.45. The summed E-state index contributed by atoms with van der Waals surface area (Å²) < 4.78 is 9.74. The summed E-state index contributed by atoms with van der Waals surface area (Å²) in [4.78, 5) is 10.7. The van der Waals surface area contributed by atoms with Crippen LogP contribution in [-0.4, -0.2) is 25.3 Å². The van der Waals surface area contributed by atoms with Crippen molar-refractivity contribution in [2.24, 2.45) is 0 Å². The predicted octanol–water partition coefficient (Wildman–Crippen LogP) is 0.504. The number of hydrogen-bond acceptors (Lipinski definition) is 3. The number of cyclic esters (lactones) is 1. The Morgan fingerprint density at radius 3 is 3.20 bits per heavy atom. The van der Waals surface area contributed by atoms with Gasteiger partial charge in [0.2, 0.25) is 0 Å².